The number of hydrogen-bond acceptors (Lipinski definition) is 10. The molecule has 3 aromatic rings. The molecule has 0 radical (unpaired) electrons. The fraction of sp³-hybridized carbons (Fsp3) is 0.483. The zero-order valence-electron chi connectivity index (χ0n) is 24.6. The van der Waals surface area contributed by atoms with E-state index in [0.29, 0.717) is 42.8 Å². The number of benzene rings is 1. The van der Waals surface area contributed by atoms with Crippen molar-refractivity contribution < 1.29 is 18.7 Å². The second kappa shape index (κ2) is 12.7. The molecule has 224 valence electrons. The molecule has 1 aromatic carbocycles. The van der Waals surface area contributed by atoms with Crippen molar-refractivity contribution in [3.63, 3.8) is 0 Å². The molecular weight excluding hydrogens is 541 g/mol. The Morgan fingerprint density at radius 2 is 1.83 bits per heavy atom. The van der Waals surface area contributed by atoms with E-state index in [9.17, 15) is 14.0 Å². The van der Waals surface area contributed by atoms with E-state index in [2.05, 4.69) is 32.5 Å². The first kappa shape index (κ1) is 29.2. The number of carbonyl (C=O) groups is 2. The first-order valence-corrected chi connectivity index (χ1v) is 14.4. The number of likely N-dealkylation sites (tertiary alicyclic amines) is 1. The predicted molar refractivity (Wildman–Crippen MR) is 158 cm³/mol. The number of ether oxygens (including phenoxy) is 1. The van der Waals surface area contributed by atoms with E-state index < -0.39 is 11.9 Å². The van der Waals surface area contributed by atoms with Gasteiger partial charge >= 0.3 is 6.09 Å². The number of anilines is 4. The lowest BCUT2D eigenvalue weighted by atomic mass is 10.1. The monoisotopic (exact) mass is 579 g/mol. The first-order chi connectivity index (χ1) is 20.2. The van der Waals surface area contributed by atoms with Crippen LogP contribution in [0.2, 0.25) is 0 Å². The Kier molecular flexibility index (Phi) is 8.86. The summed E-state index contributed by atoms with van der Waals surface area (Å²) in [6, 6.07) is 8.15. The van der Waals surface area contributed by atoms with Crippen LogP contribution in [0.15, 0.2) is 30.3 Å². The number of halogens is 1. The maximum Gasteiger partial charge on any atom is 0.436 e. The van der Waals surface area contributed by atoms with Crippen LogP contribution in [0, 0.1) is 19.7 Å². The van der Waals surface area contributed by atoms with Gasteiger partial charge in [0.05, 0.1) is 17.9 Å². The van der Waals surface area contributed by atoms with Gasteiger partial charge < -0.3 is 30.1 Å². The minimum Gasteiger partial charge on any atom is -0.448 e. The highest BCUT2D eigenvalue weighted by Crippen LogP contribution is 2.25. The lowest BCUT2D eigenvalue weighted by Crippen LogP contribution is -2.46. The molecule has 12 nitrogen and oxygen atoms in total. The van der Waals surface area contributed by atoms with E-state index in [4.69, 9.17) is 14.7 Å². The van der Waals surface area contributed by atoms with Crippen LogP contribution in [0.1, 0.15) is 41.9 Å². The number of piperazine rings is 1. The number of carbonyl (C=O) groups excluding carboxylic acids is 2. The third-order valence-electron chi connectivity index (χ3n) is 7.55. The topological polar surface area (TPSA) is 121 Å². The lowest BCUT2D eigenvalue weighted by Gasteiger charge is -2.35. The summed E-state index contributed by atoms with van der Waals surface area (Å²) in [5.41, 5.74) is 1.49. The van der Waals surface area contributed by atoms with E-state index in [1.54, 1.807) is 43.9 Å². The zero-order valence-corrected chi connectivity index (χ0v) is 24.6. The molecule has 0 spiro atoms. The molecule has 2 N–H and O–H groups in total. The van der Waals surface area contributed by atoms with Crippen LogP contribution in [0.4, 0.5) is 32.6 Å². The molecule has 13 heteroatoms. The first-order valence-electron chi connectivity index (χ1n) is 14.4. The number of likely N-dealkylation sites (N-methyl/N-ethyl adjacent to an activating group) is 1. The quantitative estimate of drug-likeness (QED) is 0.409. The van der Waals surface area contributed by atoms with Crippen LogP contribution in [0.3, 0.4) is 0 Å². The number of aryl methyl sites for hydroxylation is 2. The van der Waals surface area contributed by atoms with Gasteiger partial charge in [-0.2, -0.15) is 15.1 Å². The van der Waals surface area contributed by atoms with Gasteiger partial charge in [0.25, 0.3) is 5.91 Å². The standard InChI is InChI=1S/C29H38FN9O3/c1-5-36-11-13-37(14-12-36)25-17-24(32-26-16-20(4)35-39(26)29(41)42-6-2)33-28(34-25)31-21-9-10-38(18-21)27(40)22-8-7-19(3)15-23(22)30/h7-8,15-17,21H,5-6,9-14,18H2,1-4H3,(H2,31,32,33,34)/t21-/m0/s1. The summed E-state index contributed by atoms with van der Waals surface area (Å²) in [6.07, 6.45) is 0.0803. The van der Waals surface area contributed by atoms with E-state index >= 15 is 0 Å². The van der Waals surface area contributed by atoms with Crippen LogP contribution in [-0.4, -0.2) is 100 Å². The molecule has 5 rings (SSSR count). The van der Waals surface area contributed by atoms with E-state index in [1.165, 1.54) is 10.7 Å². The van der Waals surface area contributed by atoms with Gasteiger partial charge in [-0.1, -0.05) is 13.0 Å². The smallest absolute Gasteiger partial charge is 0.436 e. The number of nitrogens with zero attached hydrogens (tertiary/aromatic N) is 7. The molecule has 0 aliphatic carbocycles. The molecule has 4 heterocycles. The van der Waals surface area contributed by atoms with Crippen molar-refractivity contribution in [2.45, 2.75) is 40.2 Å². The highest BCUT2D eigenvalue weighted by molar-refractivity contribution is 5.94. The van der Waals surface area contributed by atoms with Gasteiger partial charge in [-0.15, -0.1) is 4.68 Å². The van der Waals surface area contributed by atoms with Crippen LogP contribution < -0.4 is 15.5 Å². The van der Waals surface area contributed by atoms with Gasteiger partial charge in [-0.05, 0) is 51.4 Å². The zero-order chi connectivity index (χ0) is 29.8. The maximum atomic E-state index is 14.5. The summed E-state index contributed by atoms with van der Waals surface area (Å²) in [4.78, 5) is 41.3. The lowest BCUT2D eigenvalue weighted by molar-refractivity contribution is 0.0787. The fourth-order valence-corrected chi connectivity index (χ4v) is 5.27. The number of hydrogen-bond donors (Lipinski definition) is 2. The Bertz CT molecular complexity index is 1440. The average molecular weight is 580 g/mol. The molecule has 1 amide bonds. The van der Waals surface area contributed by atoms with Crippen LogP contribution >= 0.6 is 0 Å². The van der Waals surface area contributed by atoms with Crippen LogP contribution in [0.25, 0.3) is 0 Å². The van der Waals surface area contributed by atoms with Crippen LogP contribution in [0.5, 0.6) is 0 Å². The molecule has 2 aromatic heterocycles. The van der Waals surface area contributed by atoms with Gasteiger partial charge in [0.15, 0.2) is 0 Å². The largest absolute Gasteiger partial charge is 0.448 e. The minimum absolute atomic E-state index is 0.0747. The second-order valence-electron chi connectivity index (χ2n) is 10.6. The van der Waals surface area contributed by atoms with Gasteiger partial charge in [0.1, 0.15) is 23.3 Å². The third kappa shape index (κ3) is 6.62. The number of nitrogens with one attached hydrogen (secondary N) is 2. The Labute approximate surface area is 244 Å². The third-order valence-corrected chi connectivity index (χ3v) is 7.55. The number of rotatable bonds is 8. The number of amides is 1. The Hall–Kier alpha value is -4.26. The molecule has 2 saturated heterocycles. The number of aromatic nitrogens is 4. The van der Waals surface area contributed by atoms with Crippen molar-refractivity contribution in [3.8, 4) is 0 Å². The molecular formula is C29H38FN9O3. The van der Waals surface area contributed by atoms with Gasteiger partial charge in [0.2, 0.25) is 5.95 Å². The SMILES string of the molecule is CCOC(=O)n1nc(C)cc1Nc1cc(N2CCN(CC)CC2)nc(N[C@H]2CCN(C(=O)c3ccc(C)cc3F)C2)n1. The second-order valence-corrected chi connectivity index (χ2v) is 10.6. The molecule has 0 unspecified atom stereocenters. The van der Waals surface area contributed by atoms with Gasteiger partial charge in [0, 0.05) is 57.4 Å². The molecule has 2 aliphatic rings. The van der Waals surface area contributed by atoms with Crippen molar-refractivity contribution in [3.05, 3.63) is 53.0 Å². The summed E-state index contributed by atoms with van der Waals surface area (Å²) >= 11 is 0. The molecule has 0 saturated carbocycles. The van der Waals surface area contributed by atoms with Crippen molar-refractivity contribution in [1.29, 1.82) is 0 Å². The molecule has 2 aliphatic heterocycles. The predicted octanol–water partition coefficient (Wildman–Crippen LogP) is 3.65. The van der Waals surface area contributed by atoms with Crippen molar-refractivity contribution in [1.82, 2.24) is 29.5 Å². The fourth-order valence-electron chi connectivity index (χ4n) is 5.27. The van der Waals surface area contributed by atoms with Gasteiger partial charge in [-0.3, -0.25) is 4.79 Å². The van der Waals surface area contributed by atoms with Crippen molar-refractivity contribution >= 4 is 35.4 Å². The minimum atomic E-state index is -0.586. The highest BCUT2D eigenvalue weighted by atomic mass is 19.1. The summed E-state index contributed by atoms with van der Waals surface area (Å²) in [6.45, 7) is 13.1. The Balaban J connectivity index is 1.36. The van der Waals surface area contributed by atoms with Gasteiger partial charge in [-0.25, -0.2) is 9.18 Å². The normalized spacial score (nSPS) is 17.4. The average Bonchev–Trinajstić information content (AvgIpc) is 3.59. The van der Waals surface area contributed by atoms with Crippen molar-refractivity contribution in [2.24, 2.45) is 0 Å². The summed E-state index contributed by atoms with van der Waals surface area (Å²) in [5, 5.41) is 10.9. The molecule has 2 fully saturated rings. The Morgan fingerprint density at radius 1 is 1.05 bits per heavy atom. The molecule has 0 bridgehead atoms. The van der Waals surface area contributed by atoms with E-state index in [1.807, 2.05) is 6.07 Å². The van der Waals surface area contributed by atoms with E-state index in [0.717, 1.165) is 44.1 Å². The maximum absolute atomic E-state index is 14.5. The highest BCUT2D eigenvalue weighted by Gasteiger charge is 2.29. The summed E-state index contributed by atoms with van der Waals surface area (Å²) < 4.78 is 20.8. The molecule has 42 heavy (non-hydrogen) atoms. The molecule has 1 atom stereocenters. The Morgan fingerprint density at radius 3 is 2.55 bits per heavy atom. The summed E-state index contributed by atoms with van der Waals surface area (Å²) in [5.74, 6) is 1.22. The van der Waals surface area contributed by atoms with Crippen LogP contribution in [-0.2, 0) is 4.74 Å². The van der Waals surface area contributed by atoms with Crippen molar-refractivity contribution in [2.75, 3.05) is 68.0 Å². The van der Waals surface area contributed by atoms with E-state index in [-0.39, 0.29) is 24.1 Å². The summed E-state index contributed by atoms with van der Waals surface area (Å²) in [7, 11) is 0.